The lowest BCUT2D eigenvalue weighted by atomic mass is 10.1. The minimum Gasteiger partial charge on any atom is -0.462 e. The van der Waals surface area contributed by atoms with Crippen LogP contribution in [0.1, 0.15) is 142 Å². The number of unbranched alkanes of at least 4 members (excludes halogenated alkanes) is 13. The summed E-state index contributed by atoms with van der Waals surface area (Å²) < 4.78 is 26.1. The first kappa shape index (κ1) is 40.3. The Morgan fingerprint density at radius 1 is 0.619 bits per heavy atom. The predicted octanol–water partition coefficient (Wildman–Crippen LogP) is 9.06. The molecule has 0 saturated carbocycles. The summed E-state index contributed by atoms with van der Waals surface area (Å²) in [6.45, 7) is 3.56. The van der Waals surface area contributed by atoms with Crippen LogP contribution in [0.2, 0.25) is 0 Å². The third-order valence-electron chi connectivity index (χ3n) is 6.66. The maximum Gasteiger partial charge on any atom is 0.469 e. The Morgan fingerprint density at radius 2 is 1.07 bits per heavy atom. The minimum absolute atomic E-state index is 0.204. The highest BCUT2D eigenvalue weighted by molar-refractivity contribution is 7.46. The van der Waals surface area contributed by atoms with E-state index in [1.165, 1.54) is 51.4 Å². The van der Waals surface area contributed by atoms with Crippen molar-refractivity contribution in [3.05, 3.63) is 36.5 Å². The molecule has 2 N–H and O–H groups in total. The molecular weight excluding hydrogens is 555 g/mol. The van der Waals surface area contributed by atoms with Crippen LogP contribution in [-0.4, -0.2) is 41.0 Å². The lowest BCUT2D eigenvalue weighted by Gasteiger charge is -2.18. The predicted molar refractivity (Wildman–Crippen MR) is 170 cm³/mol. The molecule has 0 bridgehead atoms. The van der Waals surface area contributed by atoms with E-state index in [2.05, 4.69) is 54.8 Å². The van der Waals surface area contributed by atoms with Gasteiger partial charge in [0.15, 0.2) is 6.10 Å². The maximum absolute atomic E-state index is 12.2. The van der Waals surface area contributed by atoms with Gasteiger partial charge in [0.2, 0.25) is 0 Å². The number of hydrogen-bond acceptors (Lipinski definition) is 6. The summed E-state index contributed by atoms with van der Waals surface area (Å²) in [6.07, 6.45) is 31.6. The smallest absolute Gasteiger partial charge is 0.462 e. The van der Waals surface area contributed by atoms with Crippen LogP contribution in [0.25, 0.3) is 0 Å². The monoisotopic (exact) mass is 614 g/mol. The first-order chi connectivity index (χ1) is 20.3. The molecule has 0 unspecified atom stereocenters. The Kier molecular flexibility index (Phi) is 28.1. The summed E-state index contributed by atoms with van der Waals surface area (Å²) in [6, 6.07) is 0. The largest absolute Gasteiger partial charge is 0.469 e. The van der Waals surface area contributed by atoms with Crippen molar-refractivity contribution in [2.24, 2.45) is 0 Å². The fourth-order valence-corrected chi connectivity index (χ4v) is 4.56. The van der Waals surface area contributed by atoms with Crippen molar-refractivity contribution in [3.8, 4) is 0 Å². The Bertz CT molecular complexity index is 787. The standard InChI is InChI=1S/C33H59O8P/c1-3-5-7-9-11-13-14-15-16-17-18-20-21-23-25-27-32(34)39-29-31(30-40-42(36,37)38)41-33(35)28-26-24-22-19-12-10-8-6-4-2/h11,13,15-16,18,20,31H,3-10,12,14,17,19,21-30H2,1-2H3,(H2,36,37,38)/b13-11-,16-15-,20-18-/t31-/m1/s1. The molecule has 0 heterocycles. The van der Waals surface area contributed by atoms with Crippen molar-refractivity contribution in [3.63, 3.8) is 0 Å². The van der Waals surface area contributed by atoms with E-state index in [1.807, 2.05) is 0 Å². The molecule has 0 aliphatic rings. The molecule has 0 aromatic carbocycles. The number of phosphoric acid groups is 1. The molecule has 0 saturated heterocycles. The van der Waals surface area contributed by atoms with E-state index in [9.17, 15) is 14.2 Å². The van der Waals surface area contributed by atoms with Crippen LogP contribution in [0, 0.1) is 0 Å². The van der Waals surface area contributed by atoms with Gasteiger partial charge in [0.05, 0.1) is 6.61 Å². The van der Waals surface area contributed by atoms with E-state index in [0.29, 0.717) is 12.8 Å². The second kappa shape index (κ2) is 29.3. The average molecular weight is 615 g/mol. The van der Waals surface area contributed by atoms with Crippen LogP contribution in [-0.2, 0) is 28.2 Å². The summed E-state index contributed by atoms with van der Waals surface area (Å²) in [5.41, 5.74) is 0. The first-order valence-corrected chi connectivity index (χ1v) is 17.8. The number of carbonyl (C=O) groups excluding carboxylic acids is 2. The van der Waals surface area contributed by atoms with E-state index in [-0.39, 0.29) is 19.4 Å². The molecule has 9 heteroatoms. The van der Waals surface area contributed by atoms with E-state index < -0.39 is 32.5 Å². The van der Waals surface area contributed by atoms with E-state index in [0.717, 1.165) is 51.4 Å². The highest BCUT2D eigenvalue weighted by Gasteiger charge is 2.22. The highest BCUT2D eigenvalue weighted by atomic mass is 31.2. The highest BCUT2D eigenvalue weighted by Crippen LogP contribution is 2.35. The summed E-state index contributed by atoms with van der Waals surface area (Å²) in [5.74, 6) is -0.936. The molecule has 0 rings (SSSR count). The fourth-order valence-electron chi connectivity index (χ4n) is 4.20. The summed E-state index contributed by atoms with van der Waals surface area (Å²) >= 11 is 0. The van der Waals surface area contributed by atoms with Crippen LogP contribution in [0.5, 0.6) is 0 Å². The SMILES string of the molecule is CCCCC/C=C\C/C=C\C/C=C\CCCCC(=O)OC[C@H](COP(=O)(O)O)OC(=O)CCCCCCCCCCC. The number of esters is 2. The van der Waals surface area contributed by atoms with Crippen molar-refractivity contribution in [1.29, 1.82) is 0 Å². The summed E-state index contributed by atoms with van der Waals surface area (Å²) in [7, 11) is -4.75. The Balaban J connectivity index is 4.10. The molecule has 0 aliphatic heterocycles. The van der Waals surface area contributed by atoms with Crippen molar-refractivity contribution in [2.75, 3.05) is 13.2 Å². The number of hydrogen-bond donors (Lipinski definition) is 2. The number of carbonyl (C=O) groups is 2. The molecule has 0 aromatic rings. The van der Waals surface area contributed by atoms with Gasteiger partial charge in [-0.25, -0.2) is 4.57 Å². The lowest BCUT2D eigenvalue weighted by Crippen LogP contribution is -2.29. The zero-order chi connectivity index (χ0) is 31.2. The van der Waals surface area contributed by atoms with Crippen LogP contribution in [0.4, 0.5) is 0 Å². The third-order valence-corrected chi connectivity index (χ3v) is 7.15. The van der Waals surface area contributed by atoms with Gasteiger partial charge in [0.1, 0.15) is 6.61 Å². The van der Waals surface area contributed by atoms with Crippen LogP contribution in [0.15, 0.2) is 36.5 Å². The third kappa shape index (κ3) is 31.2. The first-order valence-electron chi connectivity index (χ1n) is 16.3. The van der Waals surface area contributed by atoms with Gasteiger partial charge in [-0.05, 0) is 51.4 Å². The molecule has 8 nitrogen and oxygen atoms in total. The normalized spacial score (nSPS) is 13.0. The summed E-state index contributed by atoms with van der Waals surface area (Å²) in [5, 5.41) is 0. The zero-order valence-electron chi connectivity index (χ0n) is 26.4. The number of ether oxygens (including phenoxy) is 2. The van der Waals surface area contributed by atoms with Crippen LogP contribution >= 0.6 is 7.82 Å². The van der Waals surface area contributed by atoms with Crippen molar-refractivity contribution in [1.82, 2.24) is 0 Å². The topological polar surface area (TPSA) is 119 Å². The maximum atomic E-state index is 12.2. The molecule has 0 amide bonds. The number of allylic oxidation sites excluding steroid dienone is 6. The van der Waals surface area contributed by atoms with Gasteiger partial charge in [-0.3, -0.25) is 14.1 Å². The van der Waals surface area contributed by atoms with Gasteiger partial charge >= 0.3 is 19.8 Å². The zero-order valence-corrected chi connectivity index (χ0v) is 27.3. The fraction of sp³-hybridized carbons (Fsp3) is 0.758. The lowest BCUT2D eigenvalue weighted by molar-refractivity contribution is -0.161. The van der Waals surface area contributed by atoms with E-state index in [1.54, 1.807) is 0 Å². The van der Waals surface area contributed by atoms with Gasteiger partial charge < -0.3 is 19.3 Å². The van der Waals surface area contributed by atoms with Crippen molar-refractivity contribution < 1.29 is 37.9 Å². The van der Waals surface area contributed by atoms with Crippen molar-refractivity contribution >= 4 is 19.8 Å². The van der Waals surface area contributed by atoms with Crippen molar-refractivity contribution in [2.45, 2.75) is 148 Å². The molecule has 0 aromatic heterocycles. The van der Waals surface area contributed by atoms with Gasteiger partial charge in [0.25, 0.3) is 0 Å². The molecular formula is C33H59O8P. The minimum atomic E-state index is -4.75. The van der Waals surface area contributed by atoms with Crippen LogP contribution < -0.4 is 0 Å². The van der Waals surface area contributed by atoms with E-state index >= 15 is 0 Å². The molecule has 244 valence electrons. The molecule has 0 fully saturated rings. The van der Waals surface area contributed by atoms with Gasteiger partial charge in [-0.1, -0.05) is 115 Å². The molecule has 0 aliphatic carbocycles. The second-order valence-electron chi connectivity index (χ2n) is 10.8. The van der Waals surface area contributed by atoms with Gasteiger partial charge in [0, 0.05) is 12.8 Å². The van der Waals surface area contributed by atoms with E-state index in [4.69, 9.17) is 19.3 Å². The molecule has 0 radical (unpaired) electrons. The average Bonchev–Trinajstić information content (AvgIpc) is 2.95. The second-order valence-corrected chi connectivity index (χ2v) is 12.0. The summed E-state index contributed by atoms with van der Waals surface area (Å²) in [4.78, 5) is 42.4. The Labute approximate surface area is 255 Å². The van der Waals surface area contributed by atoms with Gasteiger partial charge in [-0.2, -0.15) is 0 Å². The number of phosphoric ester groups is 1. The molecule has 1 atom stereocenters. The molecule has 42 heavy (non-hydrogen) atoms. The Morgan fingerprint density at radius 3 is 1.64 bits per heavy atom. The molecule has 0 spiro atoms. The number of rotatable bonds is 29. The van der Waals surface area contributed by atoms with Crippen LogP contribution in [0.3, 0.4) is 0 Å². The quantitative estimate of drug-likeness (QED) is 0.0371. The Hall–Kier alpha value is -1.73. The van der Waals surface area contributed by atoms with Gasteiger partial charge in [-0.15, -0.1) is 0 Å².